The molecule has 0 radical (unpaired) electrons. The zero-order valence-corrected chi connectivity index (χ0v) is 17.5. The Balaban J connectivity index is 1.66. The summed E-state index contributed by atoms with van der Waals surface area (Å²) in [6.45, 7) is 4.29. The minimum Gasteiger partial charge on any atom is -0.481 e. The number of hydrogen-bond donors (Lipinski definition) is 0. The van der Waals surface area contributed by atoms with Crippen LogP contribution in [0.25, 0.3) is 33.1 Å². The first-order valence-electron chi connectivity index (χ1n) is 10.3. The molecule has 0 aliphatic rings. The fourth-order valence-electron chi connectivity index (χ4n) is 3.91. The van der Waals surface area contributed by atoms with E-state index in [0.29, 0.717) is 16.7 Å². The molecule has 0 unspecified atom stereocenters. The number of benzene rings is 4. The van der Waals surface area contributed by atoms with Crippen LogP contribution in [0, 0.1) is 13.8 Å². The van der Waals surface area contributed by atoms with E-state index in [1.165, 1.54) is 0 Å². The van der Waals surface area contributed by atoms with Crippen LogP contribution in [-0.2, 0) is 6.61 Å². The first-order valence-corrected chi connectivity index (χ1v) is 10.3. The third kappa shape index (κ3) is 3.49. The van der Waals surface area contributed by atoms with Gasteiger partial charge in [-0.1, -0.05) is 72.8 Å². The third-order valence-corrected chi connectivity index (χ3v) is 5.75. The molecule has 3 nitrogen and oxygen atoms in total. The van der Waals surface area contributed by atoms with Crippen molar-refractivity contribution >= 4 is 21.7 Å². The predicted molar refractivity (Wildman–Crippen MR) is 126 cm³/mol. The van der Waals surface area contributed by atoms with Gasteiger partial charge in [0.15, 0.2) is 5.76 Å². The van der Waals surface area contributed by atoms with Crippen molar-refractivity contribution in [1.82, 2.24) is 0 Å². The molecule has 0 saturated carbocycles. The summed E-state index contributed by atoms with van der Waals surface area (Å²) in [5, 5.41) is 2.79. The third-order valence-electron chi connectivity index (χ3n) is 5.75. The van der Waals surface area contributed by atoms with E-state index in [0.717, 1.165) is 33.0 Å². The van der Waals surface area contributed by atoms with E-state index in [1.807, 2.05) is 80.6 Å². The molecular formula is C28H22O3. The van der Waals surface area contributed by atoms with Crippen LogP contribution in [0.4, 0.5) is 0 Å². The summed E-state index contributed by atoms with van der Waals surface area (Å²) in [5.74, 6) is 0.705. The zero-order valence-electron chi connectivity index (χ0n) is 17.5. The van der Waals surface area contributed by atoms with Gasteiger partial charge in [0.1, 0.15) is 12.2 Å². The fraction of sp³-hybridized carbons (Fsp3) is 0.107. The SMILES string of the molecule is Cc1cc2oc(-c3ccccc3)c(OCc3cccc4ccccc34)c(=O)c2cc1C. The summed E-state index contributed by atoms with van der Waals surface area (Å²) in [7, 11) is 0. The van der Waals surface area contributed by atoms with Crippen molar-refractivity contribution in [2.75, 3.05) is 0 Å². The maximum Gasteiger partial charge on any atom is 0.235 e. The highest BCUT2D eigenvalue weighted by molar-refractivity contribution is 5.86. The number of rotatable bonds is 4. The second-order valence-corrected chi connectivity index (χ2v) is 7.82. The molecule has 0 aliphatic heterocycles. The Morgan fingerprint density at radius 3 is 2.32 bits per heavy atom. The molecule has 31 heavy (non-hydrogen) atoms. The number of hydrogen-bond acceptors (Lipinski definition) is 3. The van der Waals surface area contributed by atoms with E-state index in [4.69, 9.17) is 9.15 Å². The van der Waals surface area contributed by atoms with Crippen LogP contribution in [0.3, 0.4) is 0 Å². The Kier molecular flexibility index (Phi) is 4.79. The van der Waals surface area contributed by atoms with Gasteiger partial charge in [-0.25, -0.2) is 0 Å². The van der Waals surface area contributed by atoms with Gasteiger partial charge in [-0.15, -0.1) is 0 Å². The summed E-state index contributed by atoms with van der Waals surface area (Å²) >= 11 is 0. The van der Waals surface area contributed by atoms with Crippen LogP contribution in [0.15, 0.2) is 94.1 Å². The van der Waals surface area contributed by atoms with E-state index in [2.05, 4.69) is 18.2 Å². The molecule has 5 rings (SSSR count). The largest absolute Gasteiger partial charge is 0.481 e. The Labute approximate surface area is 180 Å². The Morgan fingerprint density at radius 2 is 1.48 bits per heavy atom. The van der Waals surface area contributed by atoms with Crippen molar-refractivity contribution in [3.8, 4) is 17.1 Å². The maximum absolute atomic E-state index is 13.5. The zero-order chi connectivity index (χ0) is 21.4. The minimum atomic E-state index is -0.150. The molecule has 0 fully saturated rings. The van der Waals surface area contributed by atoms with E-state index >= 15 is 0 Å². The number of aryl methyl sites for hydroxylation is 2. The lowest BCUT2D eigenvalue weighted by molar-refractivity contribution is 0.299. The van der Waals surface area contributed by atoms with E-state index in [1.54, 1.807) is 0 Å². The monoisotopic (exact) mass is 406 g/mol. The molecule has 5 aromatic rings. The smallest absolute Gasteiger partial charge is 0.235 e. The van der Waals surface area contributed by atoms with E-state index < -0.39 is 0 Å². The quantitative estimate of drug-likeness (QED) is 0.329. The molecule has 0 saturated heterocycles. The lowest BCUT2D eigenvalue weighted by Gasteiger charge is -2.14. The molecule has 4 aromatic carbocycles. The highest BCUT2D eigenvalue weighted by Crippen LogP contribution is 2.32. The molecule has 152 valence electrons. The van der Waals surface area contributed by atoms with Crippen LogP contribution < -0.4 is 10.2 Å². The molecule has 1 aromatic heterocycles. The first kappa shape index (κ1) is 19.1. The lowest BCUT2D eigenvalue weighted by Crippen LogP contribution is -2.11. The van der Waals surface area contributed by atoms with Crippen molar-refractivity contribution in [2.45, 2.75) is 20.5 Å². The molecule has 0 atom stereocenters. The topological polar surface area (TPSA) is 39.4 Å². The van der Waals surface area contributed by atoms with Crippen LogP contribution in [0.5, 0.6) is 5.75 Å². The van der Waals surface area contributed by atoms with Crippen LogP contribution in [0.2, 0.25) is 0 Å². The molecule has 0 amide bonds. The van der Waals surface area contributed by atoms with Gasteiger partial charge >= 0.3 is 0 Å². The van der Waals surface area contributed by atoms with Crippen LogP contribution in [-0.4, -0.2) is 0 Å². The molecule has 0 N–H and O–H groups in total. The molecule has 0 spiro atoms. The molecular weight excluding hydrogens is 384 g/mol. The molecule has 3 heteroatoms. The Hall–Kier alpha value is -3.85. The summed E-state index contributed by atoms with van der Waals surface area (Å²) in [6.07, 6.45) is 0. The van der Waals surface area contributed by atoms with Crippen molar-refractivity contribution in [2.24, 2.45) is 0 Å². The average molecular weight is 406 g/mol. The second-order valence-electron chi connectivity index (χ2n) is 7.82. The van der Waals surface area contributed by atoms with Crippen LogP contribution >= 0.6 is 0 Å². The van der Waals surface area contributed by atoms with Gasteiger partial charge in [-0.2, -0.15) is 0 Å². The normalized spacial score (nSPS) is 11.2. The Morgan fingerprint density at radius 1 is 0.774 bits per heavy atom. The minimum absolute atomic E-state index is 0.150. The first-order chi connectivity index (χ1) is 15.1. The van der Waals surface area contributed by atoms with Crippen molar-refractivity contribution in [3.05, 3.63) is 112 Å². The Bertz CT molecular complexity index is 1460. The van der Waals surface area contributed by atoms with E-state index in [9.17, 15) is 4.79 Å². The van der Waals surface area contributed by atoms with Gasteiger partial charge in [-0.3, -0.25) is 4.79 Å². The molecule has 1 heterocycles. The summed E-state index contributed by atoms with van der Waals surface area (Å²) in [6, 6.07) is 27.7. The van der Waals surface area contributed by atoms with Gasteiger partial charge in [0.2, 0.25) is 11.2 Å². The van der Waals surface area contributed by atoms with Gasteiger partial charge in [-0.05, 0) is 53.4 Å². The fourth-order valence-corrected chi connectivity index (χ4v) is 3.91. The second kappa shape index (κ2) is 7.77. The van der Waals surface area contributed by atoms with Crippen LogP contribution in [0.1, 0.15) is 16.7 Å². The van der Waals surface area contributed by atoms with Gasteiger partial charge < -0.3 is 9.15 Å². The summed E-state index contributed by atoms with van der Waals surface area (Å²) < 4.78 is 12.4. The van der Waals surface area contributed by atoms with Crippen molar-refractivity contribution in [3.63, 3.8) is 0 Å². The lowest BCUT2D eigenvalue weighted by atomic mass is 10.0. The average Bonchev–Trinajstić information content (AvgIpc) is 2.80. The molecule has 0 bridgehead atoms. The maximum atomic E-state index is 13.5. The van der Waals surface area contributed by atoms with Gasteiger partial charge in [0, 0.05) is 5.56 Å². The number of ether oxygens (including phenoxy) is 1. The van der Waals surface area contributed by atoms with E-state index in [-0.39, 0.29) is 17.8 Å². The standard InChI is InChI=1S/C28H22O3/c1-18-15-24-25(16-19(18)2)31-27(21-10-4-3-5-11-21)28(26(24)29)30-17-22-13-8-12-20-9-6-7-14-23(20)22/h3-16H,17H2,1-2H3. The molecule has 0 aliphatic carbocycles. The summed E-state index contributed by atoms with van der Waals surface area (Å²) in [5.41, 5.74) is 4.39. The highest BCUT2D eigenvalue weighted by Gasteiger charge is 2.19. The van der Waals surface area contributed by atoms with Crippen molar-refractivity contribution in [1.29, 1.82) is 0 Å². The van der Waals surface area contributed by atoms with Crippen molar-refractivity contribution < 1.29 is 9.15 Å². The summed E-state index contributed by atoms with van der Waals surface area (Å²) in [4.78, 5) is 13.5. The van der Waals surface area contributed by atoms with Gasteiger partial charge in [0.05, 0.1) is 5.39 Å². The highest BCUT2D eigenvalue weighted by atomic mass is 16.5. The number of fused-ring (bicyclic) bond motifs is 2. The predicted octanol–water partition coefficient (Wildman–Crippen LogP) is 6.81. The van der Waals surface area contributed by atoms with Gasteiger partial charge in [0.25, 0.3) is 0 Å².